The number of aryl methyl sites for hydroxylation is 1. The van der Waals surface area contributed by atoms with Crippen LogP contribution in [0.15, 0.2) is 24.3 Å². The van der Waals surface area contributed by atoms with Crippen LogP contribution in [0.2, 0.25) is 0 Å². The van der Waals surface area contributed by atoms with E-state index in [-0.39, 0.29) is 11.8 Å². The summed E-state index contributed by atoms with van der Waals surface area (Å²) in [5.74, 6) is 0.156. The SMILES string of the molecule is CCNC(C)c1sc(-c2ccc(OC(F)F)cc2)nc1C. The monoisotopic (exact) mass is 312 g/mol. The summed E-state index contributed by atoms with van der Waals surface area (Å²) in [5.41, 5.74) is 1.90. The van der Waals surface area contributed by atoms with Crippen molar-refractivity contribution in [3.05, 3.63) is 34.8 Å². The molecule has 0 saturated carbocycles. The Labute approximate surface area is 127 Å². The van der Waals surface area contributed by atoms with Crippen LogP contribution in [-0.2, 0) is 0 Å². The molecule has 2 aromatic rings. The number of hydrogen-bond donors (Lipinski definition) is 1. The molecule has 114 valence electrons. The molecular formula is C15H18F2N2OS. The molecule has 0 saturated heterocycles. The zero-order valence-corrected chi connectivity index (χ0v) is 13.0. The summed E-state index contributed by atoms with van der Waals surface area (Å²) in [4.78, 5) is 5.76. The molecule has 1 N–H and O–H groups in total. The minimum absolute atomic E-state index is 0.156. The quantitative estimate of drug-likeness (QED) is 0.859. The van der Waals surface area contributed by atoms with Crippen molar-refractivity contribution in [3.8, 4) is 16.3 Å². The molecule has 0 bridgehead atoms. The number of benzene rings is 1. The standard InChI is InChI=1S/C15H18F2N2OS/c1-4-18-9(2)13-10(3)19-14(21-13)11-5-7-12(8-6-11)20-15(16)17/h5-9,15,18H,4H2,1-3H3. The highest BCUT2D eigenvalue weighted by Crippen LogP contribution is 2.32. The number of aromatic nitrogens is 1. The largest absolute Gasteiger partial charge is 0.435 e. The molecule has 0 radical (unpaired) electrons. The number of alkyl halides is 2. The van der Waals surface area contributed by atoms with Crippen LogP contribution in [0, 0.1) is 6.92 Å². The molecule has 1 atom stereocenters. The van der Waals surface area contributed by atoms with Crippen molar-refractivity contribution in [2.75, 3.05) is 6.54 Å². The Morgan fingerprint density at radius 1 is 1.29 bits per heavy atom. The van der Waals surface area contributed by atoms with Gasteiger partial charge in [-0.3, -0.25) is 0 Å². The molecule has 2 rings (SSSR count). The Kier molecular flexibility index (Phi) is 5.25. The van der Waals surface area contributed by atoms with E-state index in [4.69, 9.17) is 0 Å². The highest BCUT2D eigenvalue weighted by molar-refractivity contribution is 7.15. The molecule has 1 heterocycles. The summed E-state index contributed by atoms with van der Waals surface area (Å²) >= 11 is 1.62. The van der Waals surface area contributed by atoms with E-state index in [2.05, 4.69) is 28.9 Å². The summed E-state index contributed by atoms with van der Waals surface area (Å²) in [6.07, 6.45) is 0. The van der Waals surface area contributed by atoms with Gasteiger partial charge in [0.25, 0.3) is 0 Å². The molecule has 0 aliphatic carbocycles. The van der Waals surface area contributed by atoms with Crippen molar-refractivity contribution in [1.29, 1.82) is 0 Å². The molecule has 0 amide bonds. The van der Waals surface area contributed by atoms with Crippen LogP contribution in [0.5, 0.6) is 5.75 Å². The van der Waals surface area contributed by atoms with Gasteiger partial charge in [-0.1, -0.05) is 6.92 Å². The predicted molar refractivity (Wildman–Crippen MR) is 81.0 cm³/mol. The molecule has 0 spiro atoms. The van der Waals surface area contributed by atoms with E-state index in [9.17, 15) is 8.78 Å². The lowest BCUT2D eigenvalue weighted by Crippen LogP contribution is -2.17. The number of nitrogens with one attached hydrogen (secondary N) is 1. The van der Waals surface area contributed by atoms with Crippen molar-refractivity contribution >= 4 is 11.3 Å². The topological polar surface area (TPSA) is 34.1 Å². The van der Waals surface area contributed by atoms with E-state index in [0.717, 1.165) is 22.8 Å². The second kappa shape index (κ2) is 6.95. The molecule has 3 nitrogen and oxygen atoms in total. The van der Waals surface area contributed by atoms with E-state index in [1.807, 2.05) is 6.92 Å². The molecule has 1 aromatic carbocycles. The van der Waals surface area contributed by atoms with Crippen LogP contribution < -0.4 is 10.1 Å². The summed E-state index contributed by atoms with van der Waals surface area (Å²) < 4.78 is 28.6. The number of nitrogens with zero attached hydrogens (tertiary/aromatic N) is 1. The van der Waals surface area contributed by atoms with E-state index in [0.29, 0.717) is 0 Å². The zero-order valence-electron chi connectivity index (χ0n) is 12.2. The predicted octanol–water partition coefficient (Wildman–Crippen LogP) is 4.39. The van der Waals surface area contributed by atoms with Gasteiger partial charge >= 0.3 is 6.61 Å². The molecule has 0 aliphatic heterocycles. The Morgan fingerprint density at radius 3 is 2.52 bits per heavy atom. The fourth-order valence-electron chi connectivity index (χ4n) is 2.11. The second-order valence-corrected chi connectivity index (χ2v) is 5.68. The van der Waals surface area contributed by atoms with Crippen molar-refractivity contribution in [1.82, 2.24) is 10.3 Å². The summed E-state index contributed by atoms with van der Waals surface area (Å²) in [6, 6.07) is 6.81. The number of thiazole rings is 1. The third kappa shape index (κ3) is 3.98. The maximum atomic E-state index is 12.1. The third-order valence-electron chi connectivity index (χ3n) is 3.06. The van der Waals surface area contributed by atoms with Gasteiger partial charge in [-0.2, -0.15) is 8.78 Å². The first-order valence-corrected chi connectivity index (χ1v) is 7.58. The number of ether oxygens (including phenoxy) is 1. The van der Waals surface area contributed by atoms with E-state index in [1.165, 1.54) is 17.0 Å². The van der Waals surface area contributed by atoms with E-state index < -0.39 is 6.61 Å². The van der Waals surface area contributed by atoms with Gasteiger partial charge in [-0.25, -0.2) is 4.98 Å². The summed E-state index contributed by atoms with van der Waals surface area (Å²) in [7, 11) is 0. The molecule has 1 unspecified atom stereocenters. The van der Waals surface area contributed by atoms with Crippen LogP contribution in [-0.4, -0.2) is 18.1 Å². The van der Waals surface area contributed by atoms with Gasteiger partial charge in [0, 0.05) is 16.5 Å². The lowest BCUT2D eigenvalue weighted by Gasteiger charge is -2.09. The highest BCUT2D eigenvalue weighted by Gasteiger charge is 2.14. The molecular weight excluding hydrogens is 294 g/mol. The number of hydrogen-bond acceptors (Lipinski definition) is 4. The van der Waals surface area contributed by atoms with E-state index >= 15 is 0 Å². The van der Waals surface area contributed by atoms with E-state index in [1.54, 1.807) is 23.5 Å². The van der Waals surface area contributed by atoms with Crippen molar-refractivity contribution in [3.63, 3.8) is 0 Å². The first-order chi connectivity index (χ1) is 10.0. The number of halogens is 2. The van der Waals surface area contributed by atoms with Crippen LogP contribution in [0.25, 0.3) is 10.6 Å². The lowest BCUT2D eigenvalue weighted by atomic mass is 10.2. The lowest BCUT2D eigenvalue weighted by molar-refractivity contribution is -0.0498. The summed E-state index contributed by atoms with van der Waals surface area (Å²) in [5, 5.41) is 4.25. The molecule has 1 aromatic heterocycles. The maximum Gasteiger partial charge on any atom is 0.387 e. The minimum Gasteiger partial charge on any atom is -0.435 e. The van der Waals surface area contributed by atoms with Gasteiger partial charge in [0.05, 0.1) is 5.69 Å². The smallest absolute Gasteiger partial charge is 0.387 e. The van der Waals surface area contributed by atoms with Gasteiger partial charge in [0.1, 0.15) is 10.8 Å². The maximum absolute atomic E-state index is 12.1. The van der Waals surface area contributed by atoms with Gasteiger partial charge < -0.3 is 10.1 Å². The molecule has 0 aliphatic rings. The second-order valence-electron chi connectivity index (χ2n) is 4.65. The first kappa shape index (κ1) is 15.9. The highest BCUT2D eigenvalue weighted by atomic mass is 32.1. The Balaban J connectivity index is 2.20. The molecule has 21 heavy (non-hydrogen) atoms. The fraction of sp³-hybridized carbons (Fsp3) is 0.400. The van der Waals surface area contributed by atoms with Crippen LogP contribution in [0.4, 0.5) is 8.78 Å². The van der Waals surface area contributed by atoms with Crippen LogP contribution >= 0.6 is 11.3 Å². The number of rotatable bonds is 6. The minimum atomic E-state index is -2.80. The molecule has 6 heteroatoms. The average Bonchev–Trinajstić information content (AvgIpc) is 2.81. The van der Waals surface area contributed by atoms with Gasteiger partial charge in [0.15, 0.2) is 0 Å². The third-order valence-corrected chi connectivity index (χ3v) is 4.45. The normalized spacial score (nSPS) is 12.7. The Morgan fingerprint density at radius 2 is 1.95 bits per heavy atom. The fourth-order valence-corrected chi connectivity index (χ4v) is 3.21. The first-order valence-electron chi connectivity index (χ1n) is 6.77. The van der Waals surface area contributed by atoms with Crippen molar-refractivity contribution in [2.24, 2.45) is 0 Å². The van der Waals surface area contributed by atoms with Crippen LogP contribution in [0.3, 0.4) is 0 Å². The Hall–Kier alpha value is -1.53. The van der Waals surface area contributed by atoms with Gasteiger partial charge in [0.2, 0.25) is 0 Å². The Bertz CT molecular complexity index is 584. The van der Waals surface area contributed by atoms with Crippen molar-refractivity contribution < 1.29 is 13.5 Å². The average molecular weight is 312 g/mol. The molecule has 0 fully saturated rings. The summed E-state index contributed by atoms with van der Waals surface area (Å²) in [6.45, 7) is 4.25. The van der Waals surface area contributed by atoms with Gasteiger partial charge in [-0.15, -0.1) is 11.3 Å². The van der Waals surface area contributed by atoms with Crippen molar-refractivity contribution in [2.45, 2.75) is 33.4 Å². The van der Waals surface area contributed by atoms with Gasteiger partial charge in [-0.05, 0) is 44.7 Å². The van der Waals surface area contributed by atoms with Crippen LogP contribution in [0.1, 0.15) is 30.5 Å². The zero-order chi connectivity index (χ0) is 15.4.